The first-order valence-electron chi connectivity index (χ1n) is 9.64. The molecule has 4 N–H and O–H groups in total. The van der Waals surface area contributed by atoms with E-state index in [-0.39, 0.29) is 25.0 Å². The van der Waals surface area contributed by atoms with Crippen LogP contribution in [-0.2, 0) is 0 Å². The standard InChI is InChI=1S/C24H24N2O4/c27-17-3-15-25-23(29)21-11-7-19(8-12-21)5-1-2-6-20-9-13-22(14-10-20)24(30)26-16-4-18-28/h7-14,27-28H,3-4,15-18H2,(H,25,29)(H,26,30). The van der Waals surface area contributed by atoms with Gasteiger partial charge >= 0.3 is 0 Å². The highest BCUT2D eigenvalue weighted by Gasteiger charge is 2.04. The van der Waals surface area contributed by atoms with Crippen molar-refractivity contribution in [3.8, 4) is 23.7 Å². The number of aliphatic hydroxyl groups excluding tert-OH is 2. The summed E-state index contributed by atoms with van der Waals surface area (Å²) >= 11 is 0. The molecule has 0 saturated carbocycles. The molecule has 6 nitrogen and oxygen atoms in total. The van der Waals surface area contributed by atoms with E-state index in [1.54, 1.807) is 48.5 Å². The Bertz CT molecular complexity index is 877. The Hall–Kier alpha value is -3.58. The number of aliphatic hydroxyl groups is 2. The number of carbonyl (C=O) groups is 2. The van der Waals surface area contributed by atoms with Crippen molar-refractivity contribution in [1.82, 2.24) is 10.6 Å². The van der Waals surface area contributed by atoms with Crippen LogP contribution >= 0.6 is 0 Å². The first-order chi connectivity index (χ1) is 14.6. The molecule has 6 heteroatoms. The number of amides is 2. The molecular weight excluding hydrogens is 380 g/mol. The monoisotopic (exact) mass is 404 g/mol. The Labute approximate surface area is 176 Å². The molecule has 0 aliphatic heterocycles. The van der Waals surface area contributed by atoms with Gasteiger partial charge in [-0.3, -0.25) is 9.59 Å². The summed E-state index contributed by atoms with van der Waals surface area (Å²) in [6.45, 7) is 0.950. The Kier molecular flexibility index (Phi) is 9.68. The molecule has 30 heavy (non-hydrogen) atoms. The zero-order valence-corrected chi connectivity index (χ0v) is 16.6. The third-order valence-corrected chi connectivity index (χ3v) is 4.01. The molecule has 0 heterocycles. The van der Waals surface area contributed by atoms with Gasteiger partial charge in [0.2, 0.25) is 0 Å². The van der Waals surface area contributed by atoms with Crippen LogP contribution in [0.4, 0.5) is 0 Å². The van der Waals surface area contributed by atoms with E-state index in [1.807, 2.05) is 0 Å². The van der Waals surface area contributed by atoms with Gasteiger partial charge in [-0.15, -0.1) is 0 Å². The SMILES string of the molecule is O=C(NCCCO)c1ccc(C#CC#Cc2ccc(C(=O)NCCCO)cc2)cc1. The molecule has 0 aromatic heterocycles. The first kappa shape index (κ1) is 22.7. The maximum Gasteiger partial charge on any atom is 0.251 e. The average molecular weight is 404 g/mol. The second-order valence-corrected chi connectivity index (χ2v) is 6.32. The van der Waals surface area contributed by atoms with E-state index >= 15 is 0 Å². The molecule has 0 unspecified atom stereocenters. The smallest absolute Gasteiger partial charge is 0.251 e. The van der Waals surface area contributed by atoms with E-state index in [4.69, 9.17) is 10.2 Å². The second-order valence-electron chi connectivity index (χ2n) is 6.32. The fourth-order valence-corrected chi connectivity index (χ4v) is 2.38. The lowest BCUT2D eigenvalue weighted by Gasteiger charge is -2.03. The summed E-state index contributed by atoms with van der Waals surface area (Å²) in [5, 5.41) is 22.9. The van der Waals surface area contributed by atoms with E-state index in [2.05, 4.69) is 34.3 Å². The summed E-state index contributed by atoms with van der Waals surface area (Å²) < 4.78 is 0. The first-order valence-corrected chi connectivity index (χ1v) is 9.64. The topological polar surface area (TPSA) is 98.7 Å². The fraction of sp³-hybridized carbons (Fsp3) is 0.250. The molecule has 2 aromatic carbocycles. The Morgan fingerprint density at radius 1 is 0.667 bits per heavy atom. The maximum atomic E-state index is 11.9. The molecule has 2 amide bonds. The minimum Gasteiger partial charge on any atom is -0.396 e. The lowest BCUT2D eigenvalue weighted by Crippen LogP contribution is -2.24. The lowest BCUT2D eigenvalue weighted by atomic mass is 10.1. The number of nitrogens with one attached hydrogen (secondary N) is 2. The van der Waals surface area contributed by atoms with Gasteiger partial charge in [0.25, 0.3) is 11.8 Å². The van der Waals surface area contributed by atoms with Gasteiger partial charge < -0.3 is 20.8 Å². The number of benzene rings is 2. The minimum atomic E-state index is -0.187. The molecule has 0 spiro atoms. The molecular formula is C24H24N2O4. The van der Waals surface area contributed by atoms with Crippen LogP contribution in [0.25, 0.3) is 0 Å². The molecule has 2 rings (SSSR count). The van der Waals surface area contributed by atoms with Crippen molar-refractivity contribution in [2.45, 2.75) is 12.8 Å². The summed E-state index contributed by atoms with van der Waals surface area (Å²) in [5.41, 5.74) is 2.55. The van der Waals surface area contributed by atoms with Crippen molar-refractivity contribution in [2.75, 3.05) is 26.3 Å². The van der Waals surface area contributed by atoms with Gasteiger partial charge in [0.15, 0.2) is 0 Å². The summed E-state index contributed by atoms with van der Waals surface area (Å²) in [5.74, 6) is 11.0. The molecule has 0 aliphatic rings. The van der Waals surface area contributed by atoms with E-state index in [1.165, 1.54) is 0 Å². The predicted molar refractivity (Wildman–Crippen MR) is 115 cm³/mol. The number of hydrogen-bond donors (Lipinski definition) is 4. The van der Waals surface area contributed by atoms with Crippen LogP contribution < -0.4 is 10.6 Å². The quantitative estimate of drug-likeness (QED) is 0.394. The van der Waals surface area contributed by atoms with Gasteiger partial charge in [-0.25, -0.2) is 0 Å². The Morgan fingerprint density at radius 3 is 1.37 bits per heavy atom. The second kappa shape index (κ2) is 12.8. The largest absolute Gasteiger partial charge is 0.396 e. The van der Waals surface area contributed by atoms with Crippen molar-refractivity contribution < 1.29 is 19.8 Å². The van der Waals surface area contributed by atoms with Crippen LogP contribution in [0.15, 0.2) is 48.5 Å². The van der Waals surface area contributed by atoms with E-state index in [0.717, 1.165) is 11.1 Å². The average Bonchev–Trinajstić information content (AvgIpc) is 2.77. The summed E-state index contributed by atoms with van der Waals surface area (Å²) in [6.07, 6.45) is 1.04. The number of carbonyl (C=O) groups excluding carboxylic acids is 2. The summed E-state index contributed by atoms with van der Waals surface area (Å²) in [7, 11) is 0. The Morgan fingerprint density at radius 2 is 1.03 bits per heavy atom. The highest BCUT2D eigenvalue weighted by Crippen LogP contribution is 2.04. The Balaban J connectivity index is 1.90. The van der Waals surface area contributed by atoms with E-state index in [0.29, 0.717) is 37.1 Å². The van der Waals surface area contributed by atoms with Crippen LogP contribution in [-0.4, -0.2) is 48.3 Å². The third-order valence-electron chi connectivity index (χ3n) is 4.01. The van der Waals surface area contributed by atoms with Gasteiger partial charge in [-0.05, 0) is 73.2 Å². The van der Waals surface area contributed by atoms with Crippen LogP contribution in [0, 0.1) is 23.7 Å². The van der Waals surface area contributed by atoms with Crippen molar-refractivity contribution in [1.29, 1.82) is 0 Å². The van der Waals surface area contributed by atoms with Crippen molar-refractivity contribution in [3.63, 3.8) is 0 Å². The molecule has 0 bridgehead atoms. The lowest BCUT2D eigenvalue weighted by molar-refractivity contribution is 0.0942. The molecule has 2 aromatic rings. The molecule has 0 atom stereocenters. The van der Waals surface area contributed by atoms with Gasteiger partial charge in [0.1, 0.15) is 0 Å². The van der Waals surface area contributed by atoms with Crippen LogP contribution in [0.3, 0.4) is 0 Å². The van der Waals surface area contributed by atoms with Gasteiger partial charge in [0.05, 0.1) is 0 Å². The van der Waals surface area contributed by atoms with Crippen molar-refractivity contribution in [2.24, 2.45) is 0 Å². The molecule has 0 radical (unpaired) electrons. The van der Waals surface area contributed by atoms with Crippen molar-refractivity contribution >= 4 is 11.8 Å². The summed E-state index contributed by atoms with van der Waals surface area (Å²) in [6, 6.07) is 13.8. The van der Waals surface area contributed by atoms with E-state index in [9.17, 15) is 9.59 Å². The maximum absolute atomic E-state index is 11.9. The van der Waals surface area contributed by atoms with Crippen molar-refractivity contribution in [3.05, 3.63) is 70.8 Å². The highest BCUT2D eigenvalue weighted by atomic mass is 16.3. The van der Waals surface area contributed by atoms with Gasteiger partial charge in [-0.2, -0.15) is 0 Å². The zero-order valence-electron chi connectivity index (χ0n) is 16.6. The number of rotatable bonds is 8. The molecule has 154 valence electrons. The van der Waals surface area contributed by atoms with Gasteiger partial charge in [-0.1, -0.05) is 11.8 Å². The van der Waals surface area contributed by atoms with Gasteiger partial charge in [0, 0.05) is 48.6 Å². The van der Waals surface area contributed by atoms with Crippen LogP contribution in [0.2, 0.25) is 0 Å². The minimum absolute atomic E-state index is 0.0424. The van der Waals surface area contributed by atoms with E-state index < -0.39 is 0 Å². The molecule has 0 fully saturated rings. The normalized spacial score (nSPS) is 9.53. The van der Waals surface area contributed by atoms with Crippen LogP contribution in [0.5, 0.6) is 0 Å². The highest BCUT2D eigenvalue weighted by molar-refractivity contribution is 5.94. The summed E-state index contributed by atoms with van der Waals surface area (Å²) in [4.78, 5) is 23.8. The fourth-order valence-electron chi connectivity index (χ4n) is 2.38. The number of hydrogen-bond acceptors (Lipinski definition) is 4. The predicted octanol–water partition coefficient (Wildman–Crippen LogP) is 1.31. The van der Waals surface area contributed by atoms with Crippen LogP contribution in [0.1, 0.15) is 44.7 Å². The third kappa shape index (κ3) is 7.81. The molecule has 0 saturated heterocycles. The molecule has 0 aliphatic carbocycles. The zero-order chi connectivity index (χ0) is 21.6.